The molecular weight excluding hydrogens is 432 g/mol. The van der Waals surface area contributed by atoms with Gasteiger partial charge >= 0.3 is 5.97 Å². The first kappa shape index (κ1) is 26.3. The van der Waals surface area contributed by atoms with Gasteiger partial charge in [0.25, 0.3) is 0 Å². The second kappa shape index (κ2) is 12.4. The molecule has 2 heterocycles. The Morgan fingerprint density at radius 2 is 1.79 bits per heavy atom. The summed E-state index contributed by atoms with van der Waals surface area (Å²) in [6, 6.07) is 5.56. The summed E-state index contributed by atoms with van der Waals surface area (Å²) in [4.78, 5) is 30.1. The van der Waals surface area contributed by atoms with Crippen LogP contribution in [0.4, 0.5) is 0 Å². The molecule has 7 heteroatoms. The third-order valence-electron chi connectivity index (χ3n) is 7.45. The Morgan fingerprint density at radius 3 is 2.41 bits per heavy atom. The number of nitrogens with zero attached hydrogens (tertiary/aromatic N) is 2. The SMILES string of the molecule is CCCCN(CCCC)C(=O)CN1C[C@H](c2ccc3c(c2)OCO3)[C@H](C(=O)O)[C@H]1CC(C)CC. The predicted molar refractivity (Wildman–Crippen MR) is 132 cm³/mol. The van der Waals surface area contributed by atoms with Crippen LogP contribution in [0.2, 0.25) is 0 Å². The molecular formula is C27H42N2O5. The Balaban J connectivity index is 1.86. The van der Waals surface area contributed by atoms with Crippen LogP contribution in [0.25, 0.3) is 0 Å². The molecule has 0 radical (unpaired) electrons. The zero-order chi connectivity index (χ0) is 24.7. The maximum Gasteiger partial charge on any atom is 0.308 e. The lowest BCUT2D eigenvalue weighted by molar-refractivity contribution is -0.144. The van der Waals surface area contributed by atoms with Gasteiger partial charge in [0, 0.05) is 31.6 Å². The van der Waals surface area contributed by atoms with E-state index in [2.05, 4.69) is 32.6 Å². The number of likely N-dealkylation sites (tertiary alicyclic amines) is 1. The lowest BCUT2D eigenvalue weighted by Gasteiger charge is -2.31. The summed E-state index contributed by atoms with van der Waals surface area (Å²) in [6.07, 6.45) is 5.82. The van der Waals surface area contributed by atoms with Crippen LogP contribution in [0.1, 0.15) is 77.7 Å². The number of rotatable bonds is 13. The second-order valence-electron chi connectivity index (χ2n) is 9.92. The maximum absolute atomic E-state index is 13.4. The van der Waals surface area contributed by atoms with Crippen LogP contribution in [-0.4, -0.2) is 65.8 Å². The van der Waals surface area contributed by atoms with Crippen LogP contribution in [0.15, 0.2) is 18.2 Å². The average molecular weight is 475 g/mol. The number of hydrogen-bond donors (Lipinski definition) is 1. The van der Waals surface area contributed by atoms with Crippen molar-refractivity contribution in [3.05, 3.63) is 23.8 Å². The topological polar surface area (TPSA) is 79.3 Å². The number of carboxylic acids is 1. The average Bonchev–Trinajstić information content (AvgIpc) is 3.43. The molecule has 1 N–H and O–H groups in total. The van der Waals surface area contributed by atoms with Crippen LogP contribution >= 0.6 is 0 Å². The zero-order valence-corrected chi connectivity index (χ0v) is 21.3. The van der Waals surface area contributed by atoms with Crippen molar-refractivity contribution in [2.24, 2.45) is 11.8 Å². The summed E-state index contributed by atoms with van der Waals surface area (Å²) in [5.74, 6) is 0.303. The van der Waals surface area contributed by atoms with E-state index in [-0.39, 0.29) is 31.2 Å². The largest absolute Gasteiger partial charge is 0.481 e. The number of carboxylic acid groups (broad SMARTS) is 1. The number of carbonyl (C=O) groups excluding carboxylic acids is 1. The quantitative estimate of drug-likeness (QED) is 0.445. The fraction of sp³-hybridized carbons (Fsp3) is 0.704. The maximum atomic E-state index is 13.4. The van der Waals surface area contributed by atoms with Crippen LogP contribution in [0, 0.1) is 11.8 Å². The minimum absolute atomic E-state index is 0.117. The van der Waals surface area contributed by atoms with Crippen molar-refractivity contribution in [3.8, 4) is 11.5 Å². The Labute approximate surface area is 204 Å². The summed E-state index contributed by atoms with van der Waals surface area (Å²) in [5, 5.41) is 10.3. The van der Waals surface area contributed by atoms with Crippen molar-refractivity contribution >= 4 is 11.9 Å². The fourth-order valence-electron chi connectivity index (χ4n) is 5.18. The van der Waals surface area contributed by atoms with E-state index < -0.39 is 11.9 Å². The van der Waals surface area contributed by atoms with E-state index in [0.717, 1.165) is 57.2 Å². The van der Waals surface area contributed by atoms with Gasteiger partial charge in [0.2, 0.25) is 12.7 Å². The molecule has 0 aliphatic carbocycles. The summed E-state index contributed by atoms with van der Waals surface area (Å²) in [5.41, 5.74) is 0.939. The number of carbonyl (C=O) groups is 2. The molecule has 190 valence electrons. The molecule has 1 fully saturated rings. The van der Waals surface area contributed by atoms with E-state index in [1.807, 2.05) is 23.1 Å². The van der Waals surface area contributed by atoms with E-state index in [1.165, 1.54) is 0 Å². The van der Waals surface area contributed by atoms with Crippen LogP contribution in [0.3, 0.4) is 0 Å². The normalized spacial score (nSPS) is 22.6. The van der Waals surface area contributed by atoms with Crippen molar-refractivity contribution < 1.29 is 24.2 Å². The molecule has 0 aromatic heterocycles. The minimum Gasteiger partial charge on any atom is -0.481 e. The van der Waals surface area contributed by atoms with Crippen molar-refractivity contribution in [1.29, 1.82) is 0 Å². The molecule has 2 aliphatic heterocycles. The molecule has 2 aliphatic rings. The highest BCUT2D eigenvalue weighted by atomic mass is 16.7. The number of fused-ring (bicyclic) bond motifs is 1. The molecule has 1 aromatic carbocycles. The van der Waals surface area contributed by atoms with Gasteiger partial charge in [-0.05, 0) is 42.9 Å². The van der Waals surface area contributed by atoms with E-state index in [0.29, 0.717) is 24.0 Å². The van der Waals surface area contributed by atoms with Gasteiger partial charge in [0.05, 0.1) is 12.5 Å². The molecule has 4 atom stereocenters. The molecule has 7 nitrogen and oxygen atoms in total. The number of benzene rings is 1. The van der Waals surface area contributed by atoms with Gasteiger partial charge in [0.15, 0.2) is 11.5 Å². The zero-order valence-electron chi connectivity index (χ0n) is 21.3. The molecule has 0 saturated carbocycles. The van der Waals surface area contributed by atoms with Gasteiger partial charge in [-0.15, -0.1) is 0 Å². The van der Waals surface area contributed by atoms with Crippen LogP contribution < -0.4 is 9.47 Å². The fourth-order valence-corrected chi connectivity index (χ4v) is 5.18. The summed E-state index contributed by atoms with van der Waals surface area (Å²) in [7, 11) is 0. The van der Waals surface area contributed by atoms with E-state index in [1.54, 1.807) is 0 Å². The van der Waals surface area contributed by atoms with Crippen molar-refractivity contribution in [2.45, 2.75) is 78.2 Å². The second-order valence-corrected chi connectivity index (χ2v) is 9.92. The number of ether oxygens (including phenoxy) is 2. The summed E-state index contributed by atoms with van der Waals surface area (Å²) in [6.45, 7) is 11.1. The molecule has 0 spiro atoms. The number of amides is 1. The highest BCUT2D eigenvalue weighted by Crippen LogP contribution is 2.43. The minimum atomic E-state index is -0.792. The number of hydrogen-bond acceptors (Lipinski definition) is 5. The van der Waals surface area contributed by atoms with Crippen molar-refractivity contribution in [1.82, 2.24) is 9.80 Å². The summed E-state index contributed by atoms with van der Waals surface area (Å²) < 4.78 is 11.0. The van der Waals surface area contributed by atoms with Gasteiger partial charge in [-0.25, -0.2) is 0 Å². The van der Waals surface area contributed by atoms with Gasteiger partial charge in [-0.2, -0.15) is 0 Å². The van der Waals surface area contributed by atoms with Gasteiger partial charge in [-0.1, -0.05) is 53.0 Å². The lowest BCUT2D eigenvalue weighted by Crippen LogP contribution is -2.45. The first-order valence-corrected chi connectivity index (χ1v) is 13.0. The number of aliphatic carboxylic acids is 1. The third-order valence-corrected chi connectivity index (χ3v) is 7.45. The van der Waals surface area contributed by atoms with Gasteiger partial charge in [-0.3, -0.25) is 14.5 Å². The molecule has 1 unspecified atom stereocenters. The molecule has 3 rings (SSSR count). The Bertz CT molecular complexity index is 821. The molecule has 1 amide bonds. The van der Waals surface area contributed by atoms with Crippen molar-refractivity contribution in [3.63, 3.8) is 0 Å². The summed E-state index contributed by atoms with van der Waals surface area (Å²) >= 11 is 0. The highest BCUT2D eigenvalue weighted by molar-refractivity contribution is 5.79. The van der Waals surface area contributed by atoms with Crippen LogP contribution in [-0.2, 0) is 9.59 Å². The van der Waals surface area contributed by atoms with E-state index in [9.17, 15) is 14.7 Å². The third kappa shape index (κ3) is 6.23. The van der Waals surface area contributed by atoms with E-state index in [4.69, 9.17) is 9.47 Å². The standard InChI is InChI=1S/C27H42N2O5/c1-5-8-12-28(13-9-6-2)25(30)17-29-16-21(20-10-11-23-24(15-20)34-18-33-23)26(27(31)32)22(29)14-19(4)7-3/h10-11,15,19,21-22,26H,5-9,12-14,16-18H2,1-4H3,(H,31,32)/t19?,21-,22-,26+/m1/s1. The highest BCUT2D eigenvalue weighted by Gasteiger charge is 2.47. The predicted octanol–water partition coefficient (Wildman–Crippen LogP) is 4.75. The molecule has 1 aromatic rings. The first-order valence-electron chi connectivity index (χ1n) is 13.0. The Hall–Kier alpha value is -2.28. The first-order chi connectivity index (χ1) is 16.4. The van der Waals surface area contributed by atoms with Gasteiger partial charge in [0.1, 0.15) is 0 Å². The van der Waals surface area contributed by atoms with Gasteiger partial charge < -0.3 is 19.5 Å². The Kier molecular flexibility index (Phi) is 9.63. The smallest absolute Gasteiger partial charge is 0.308 e. The molecule has 0 bridgehead atoms. The Morgan fingerprint density at radius 1 is 1.12 bits per heavy atom. The molecule has 34 heavy (non-hydrogen) atoms. The van der Waals surface area contributed by atoms with Crippen LogP contribution in [0.5, 0.6) is 11.5 Å². The monoisotopic (exact) mass is 474 g/mol. The van der Waals surface area contributed by atoms with E-state index >= 15 is 0 Å². The molecule has 1 saturated heterocycles. The van der Waals surface area contributed by atoms with Crippen molar-refractivity contribution in [2.75, 3.05) is 33.0 Å². The number of unbranched alkanes of at least 4 members (excludes halogenated alkanes) is 2. The lowest BCUT2D eigenvalue weighted by atomic mass is 9.82.